The van der Waals surface area contributed by atoms with Crippen LogP contribution in [0.5, 0.6) is 0 Å². The SMILES string of the molecule is CCOC(=O)C1C[C@H]2CC(=O)C[C@@H](C1)N2.Cl. The summed E-state index contributed by atoms with van der Waals surface area (Å²) in [5, 5.41) is 3.38. The van der Waals surface area contributed by atoms with Crippen LogP contribution in [-0.2, 0) is 14.3 Å². The highest BCUT2D eigenvalue weighted by Gasteiger charge is 2.37. The van der Waals surface area contributed by atoms with Gasteiger partial charge >= 0.3 is 5.97 Å². The lowest BCUT2D eigenvalue weighted by atomic mass is 9.80. The van der Waals surface area contributed by atoms with Crippen molar-refractivity contribution in [2.45, 2.75) is 44.7 Å². The number of ether oxygens (including phenoxy) is 1. The van der Waals surface area contributed by atoms with Gasteiger partial charge in [0.05, 0.1) is 12.5 Å². The molecule has 92 valence electrons. The van der Waals surface area contributed by atoms with E-state index < -0.39 is 0 Å². The first-order chi connectivity index (χ1) is 7.19. The van der Waals surface area contributed by atoms with E-state index in [9.17, 15) is 9.59 Å². The van der Waals surface area contributed by atoms with Crippen molar-refractivity contribution >= 4 is 24.2 Å². The molecule has 2 bridgehead atoms. The van der Waals surface area contributed by atoms with Crippen LogP contribution in [0.4, 0.5) is 0 Å². The molecular formula is C11H18ClNO3. The van der Waals surface area contributed by atoms with Gasteiger partial charge < -0.3 is 10.1 Å². The normalized spacial score (nSPS) is 32.8. The summed E-state index contributed by atoms with van der Waals surface area (Å²) in [6, 6.07) is 0.388. The molecule has 2 aliphatic heterocycles. The highest BCUT2D eigenvalue weighted by molar-refractivity contribution is 5.85. The Labute approximate surface area is 102 Å². The molecule has 0 radical (unpaired) electrons. The number of Topliss-reactive ketones (excluding diaryl/α,β-unsaturated/α-hetero) is 1. The van der Waals surface area contributed by atoms with Crippen molar-refractivity contribution in [3.8, 4) is 0 Å². The highest BCUT2D eigenvalue weighted by atomic mass is 35.5. The smallest absolute Gasteiger partial charge is 0.309 e. The molecule has 2 saturated heterocycles. The van der Waals surface area contributed by atoms with E-state index in [2.05, 4.69) is 5.32 Å². The van der Waals surface area contributed by atoms with Crippen molar-refractivity contribution in [3.05, 3.63) is 0 Å². The topological polar surface area (TPSA) is 55.4 Å². The first kappa shape index (κ1) is 13.5. The molecule has 2 fully saturated rings. The molecule has 5 heteroatoms. The van der Waals surface area contributed by atoms with E-state index in [-0.39, 0.29) is 36.4 Å². The molecule has 2 aliphatic rings. The summed E-state index contributed by atoms with van der Waals surface area (Å²) < 4.78 is 5.02. The van der Waals surface area contributed by atoms with Crippen LogP contribution in [0.3, 0.4) is 0 Å². The number of hydrogen-bond acceptors (Lipinski definition) is 4. The van der Waals surface area contributed by atoms with Crippen molar-refractivity contribution in [1.29, 1.82) is 0 Å². The van der Waals surface area contributed by atoms with Gasteiger partial charge in [-0.3, -0.25) is 9.59 Å². The minimum atomic E-state index is -0.0941. The number of carbonyl (C=O) groups is 2. The summed E-state index contributed by atoms with van der Waals surface area (Å²) >= 11 is 0. The quantitative estimate of drug-likeness (QED) is 0.742. The zero-order chi connectivity index (χ0) is 10.8. The Morgan fingerprint density at radius 2 is 1.94 bits per heavy atom. The van der Waals surface area contributed by atoms with Crippen LogP contribution < -0.4 is 5.32 Å². The van der Waals surface area contributed by atoms with Crippen LogP contribution in [0, 0.1) is 5.92 Å². The van der Waals surface area contributed by atoms with Gasteiger partial charge in [-0.2, -0.15) is 0 Å². The molecule has 2 rings (SSSR count). The molecule has 0 aromatic rings. The Bertz CT molecular complexity index is 266. The lowest BCUT2D eigenvalue weighted by molar-refractivity contribution is -0.150. The number of rotatable bonds is 2. The highest BCUT2D eigenvalue weighted by Crippen LogP contribution is 2.28. The Morgan fingerprint density at radius 3 is 2.44 bits per heavy atom. The number of halogens is 1. The first-order valence-corrected chi connectivity index (χ1v) is 5.63. The van der Waals surface area contributed by atoms with Gasteiger partial charge in [0, 0.05) is 24.9 Å². The fraction of sp³-hybridized carbons (Fsp3) is 0.818. The predicted octanol–water partition coefficient (Wildman–Crippen LogP) is 1.07. The van der Waals surface area contributed by atoms with E-state index >= 15 is 0 Å². The Morgan fingerprint density at radius 1 is 1.38 bits per heavy atom. The molecule has 0 saturated carbocycles. The molecule has 0 aromatic heterocycles. The van der Waals surface area contributed by atoms with Crippen molar-refractivity contribution < 1.29 is 14.3 Å². The summed E-state index contributed by atoms with van der Waals surface area (Å²) in [6.45, 7) is 2.26. The predicted molar refractivity (Wildman–Crippen MR) is 61.6 cm³/mol. The Kier molecular flexibility index (Phi) is 4.74. The second-order valence-electron chi connectivity index (χ2n) is 4.43. The summed E-state index contributed by atoms with van der Waals surface area (Å²) in [4.78, 5) is 22.9. The maximum absolute atomic E-state index is 11.6. The van der Waals surface area contributed by atoms with Gasteiger partial charge in [0.2, 0.25) is 0 Å². The van der Waals surface area contributed by atoms with E-state index in [1.54, 1.807) is 0 Å². The second-order valence-corrected chi connectivity index (χ2v) is 4.43. The zero-order valence-corrected chi connectivity index (χ0v) is 10.2. The molecule has 16 heavy (non-hydrogen) atoms. The molecule has 0 aliphatic carbocycles. The Balaban J connectivity index is 0.00000128. The lowest BCUT2D eigenvalue weighted by Crippen LogP contribution is -2.52. The molecule has 0 spiro atoms. The van der Waals surface area contributed by atoms with E-state index in [1.807, 2.05) is 6.92 Å². The number of piperidine rings is 2. The summed E-state index contributed by atoms with van der Waals surface area (Å²) in [6.07, 6.45) is 2.65. The fourth-order valence-corrected chi connectivity index (χ4v) is 2.62. The average Bonchev–Trinajstić information content (AvgIpc) is 2.16. The maximum atomic E-state index is 11.6. The molecule has 4 nitrogen and oxygen atoms in total. The van der Waals surface area contributed by atoms with Gasteiger partial charge in [-0.1, -0.05) is 0 Å². The van der Waals surface area contributed by atoms with Crippen LogP contribution in [0.15, 0.2) is 0 Å². The summed E-state index contributed by atoms with van der Waals surface area (Å²) in [5.74, 6) is 0.226. The number of hydrogen-bond donors (Lipinski definition) is 1. The molecule has 1 unspecified atom stereocenters. The van der Waals surface area contributed by atoms with Gasteiger partial charge in [-0.05, 0) is 19.8 Å². The number of esters is 1. The third-order valence-corrected chi connectivity index (χ3v) is 3.18. The van der Waals surface area contributed by atoms with Crippen molar-refractivity contribution in [1.82, 2.24) is 5.32 Å². The number of carbonyl (C=O) groups excluding carboxylic acids is 2. The lowest BCUT2D eigenvalue weighted by Gasteiger charge is -2.38. The van der Waals surface area contributed by atoms with Gasteiger partial charge in [0.25, 0.3) is 0 Å². The second kappa shape index (κ2) is 5.64. The molecule has 2 heterocycles. The van der Waals surface area contributed by atoms with Crippen LogP contribution >= 0.6 is 12.4 Å². The minimum absolute atomic E-state index is 0. The van der Waals surface area contributed by atoms with Crippen molar-refractivity contribution in [2.24, 2.45) is 5.92 Å². The standard InChI is InChI=1S/C11H17NO3.ClH/c1-2-15-11(14)7-3-8-5-10(13)6-9(4-7)12-8;/h7-9,12H,2-6H2,1H3;1H/t7?,8-,9+;. The van der Waals surface area contributed by atoms with Gasteiger partial charge in [0.15, 0.2) is 0 Å². The van der Waals surface area contributed by atoms with Gasteiger partial charge in [-0.15, -0.1) is 12.4 Å². The summed E-state index contributed by atoms with van der Waals surface area (Å²) in [5.41, 5.74) is 0. The average molecular weight is 248 g/mol. The fourth-order valence-electron chi connectivity index (χ4n) is 2.62. The largest absolute Gasteiger partial charge is 0.466 e. The van der Waals surface area contributed by atoms with Crippen LogP contribution in [-0.4, -0.2) is 30.4 Å². The van der Waals surface area contributed by atoms with E-state index in [1.165, 1.54) is 0 Å². The number of fused-ring (bicyclic) bond motifs is 2. The van der Waals surface area contributed by atoms with Crippen LogP contribution in [0.1, 0.15) is 32.6 Å². The summed E-state index contributed by atoms with van der Waals surface area (Å²) in [7, 11) is 0. The molecule has 0 amide bonds. The van der Waals surface area contributed by atoms with Crippen LogP contribution in [0.25, 0.3) is 0 Å². The van der Waals surface area contributed by atoms with Gasteiger partial charge in [0.1, 0.15) is 5.78 Å². The third-order valence-electron chi connectivity index (χ3n) is 3.18. The monoisotopic (exact) mass is 247 g/mol. The molecule has 3 atom stereocenters. The van der Waals surface area contributed by atoms with Crippen LogP contribution in [0.2, 0.25) is 0 Å². The number of nitrogens with one attached hydrogen (secondary N) is 1. The molecular weight excluding hydrogens is 230 g/mol. The van der Waals surface area contributed by atoms with E-state index in [4.69, 9.17) is 4.74 Å². The van der Waals surface area contributed by atoms with E-state index in [0.29, 0.717) is 25.2 Å². The van der Waals surface area contributed by atoms with Crippen molar-refractivity contribution in [2.75, 3.05) is 6.61 Å². The molecule has 1 N–H and O–H groups in total. The van der Waals surface area contributed by atoms with Crippen molar-refractivity contribution in [3.63, 3.8) is 0 Å². The third kappa shape index (κ3) is 2.95. The Hall–Kier alpha value is -0.610. The molecule has 0 aromatic carbocycles. The number of ketones is 1. The van der Waals surface area contributed by atoms with Gasteiger partial charge in [-0.25, -0.2) is 0 Å². The van der Waals surface area contributed by atoms with E-state index in [0.717, 1.165) is 12.8 Å². The first-order valence-electron chi connectivity index (χ1n) is 5.63. The maximum Gasteiger partial charge on any atom is 0.309 e. The minimum Gasteiger partial charge on any atom is -0.466 e. The zero-order valence-electron chi connectivity index (χ0n) is 9.40.